The van der Waals surface area contributed by atoms with Gasteiger partial charge in [-0.3, -0.25) is 9.58 Å². The van der Waals surface area contributed by atoms with Crippen molar-refractivity contribution < 1.29 is 5.11 Å². The monoisotopic (exact) mass is 223 g/mol. The number of aliphatic hydroxyl groups is 1. The molecular formula is C12H21N3O. The van der Waals surface area contributed by atoms with Gasteiger partial charge in [-0.15, -0.1) is 6.58 Å². The molecule has 0 atom stereocenters. The highest BCUT2D eigenvalue weighted by Crippen LogP contribution is 2.06. The second kappa shape index (κ2) is 6.45. The van der Waals surface area contributed by atoms with E-state index in [1.165, 1.54) is 0 Å². The van der Waals surface area contributed by atoms with Crippen LogP contribution in [0.2, 0.25) is 0 Å². The normalized spacial score (nSPS) is 11.3. The highest BCUT2D eigenvalue weighted by atomic mass is 16.3. The summed E-state index contributed by atoms with van der Waals surface area (Å²) in [5.41, 5.74) is 1.03. The van der Waals surface area contributed by atoms with Gasteiger partial charge in [-0.2, -0.15) is 5.10 Å². The number of hydrogen-bond donors (Lipinski definition) is 1. The van der Waals surface area contributed by atoms with Gasteiger partial charge in [-0.05, 0) is 19.9 Å². The van der Waals surface area contributed by atoms with Crippen molar-refractivity contribution in [1.29, 1.82) is 0 Å². The quantitative estimate of drug-likeness (QED) is 0.711. The smallest absolute Gasteiger partial charge is 0.0765 e. The van der Waals surface area contributed by atoms with Crippen LogP contribution >= 0.6 is 0 Å². The van der Waals surface area contributed by atoms with Gasteiger partial charge in [0.05, 0.1) is 12.3 Å². The molecule has 0 unspecified atom stereocenters. The summed E-state index contributed by atoms with van der Waals surface area (Å²) in [5.74, 6) is 0. The molecule has 0 aliphatic carbocycles. The third-order valence-corrected chi connectivity index (χ3v) is 2.38. The van der Waals surface area contributed by atoms with E-state index in [2.05, 4.69) is 30.4 Å². The van der Waals surface area contributed by atoms with Crippen LogP contribution in [-0.2, 0) is 6.54 Å². The van der Waals surface area contributed by atoms with Crippen molar-refractivity contribution in [3.05, 3.63) is 30.6 Å². The molecule has 0 bridgehead atoms. The van der Waals surface area contributed by atoms with Crippen LogP contribution < -0.4 is 0 Å². The van der Waals surface area contributed by atoms with Crippen LogP contribution in [0.5, 0.6) is 0 Å². The Hall–Kier alpha value is -1.13. The average Bonchev–Trinajstić information content (AvgIpc) is 2.67. The van der Waals surface area contributed by atoms with E-state index >= 15 is 0 Å². The zero-order valence-corrected chi connectivity index (χ0v) is 10.1. The number of aliphatic hydroxyl groups excluding tert-OH is 1. The van der Waals surface area contributed by atoms with Crippen LogP contribution in [0.15, 0.2) is 24.9 Å². The Morgan fingerprint density at radius 1 is 1.62 bits per heavy atom. The minimum absolute atomic E-state index is 0.165. The third-order valence-electron chi connectivity index (χ3n) is 2.38. The lowest BCUT2D eigenvalue weighted by Crippen LogP contribution is -2.26. The Bertz CT molecular complexity index is 320. The standard InChI is InChI=1S/C12H21N3O/c1-4-6-14(8-9-16)10-12-5-7-15(13-12)11(2)3/h4-5,7,11,16H,1,6,8-10H2,2-3H3. The fourth-order valence-electron chi connectivity index (χ4n) is 1.54. The van der Waals surface area contributed by atoms with Gasteiger partial charge in [-0.1, -0.05) is 6.08 Å². The minimum Gasteiger partial charge on any atom is -0.395 e. The van der Waals surface area contributed by atoms with Crippen molar-refractivity contribution in [2.24, 2.45) is 0 Å². The summed E-state index contributed by atoms with van der Waals surface area (Å²) in [4.78, 5) is 2.11. The molecular weight excluding hydrogens is 202 g/mol. The highest BCUT2D eigenvalue weighted by molar-refractivity contribution is 4.99. The molecule has 90 valence electrons. The maximum Gasteiger partial charge on any atom is 0.0765 e. The van der Waals surface area contributed by atoms with Crippen molar-refractivity contribution in [3.63, 3.8) is 0 Å². The number of hydrogen-bond acceptors (Lipinski definition) is 3. The largest absolute Gasteiger partial charge is 0.395 e. The first-order valence-corrected chi connectivity index (χ1v) is 5.65. The van der Waals surface area contributed by atoms with Crippen LogP contribution in [-0.4, -0.2) is 39.5 Å². The van der Waals surface area contributed by atoms with E-state index in [1.54, 1.807) is 0 Å². The van der Waals surface area contributed by atoms with Gasteiger partial charge in [0.2, 0.25) is 0 Å². The predicted molar refractivity (Wildman–Crippen MR) is 65.2 cm³/mol. The Labute approximate surface area is 97.2 Å². The Balaban J connectivity index is 2.58. The predicted octanol–water partition coefficient (Wildman–Crippen LogP) is 1.44. The zero-order valence-electron chi connectivity index (χ0n) is 10.1. The molecule has 0 aliphatic heterocycles. The summed E-state index contributed by atoms with van der Waals surface area (Å²) in [6.45, 7) is 10.3. The number of nitrogens with zero attached hydrogens (tertiary/aromatic N) is 3. The lowest BCUT2D eigenvalue weighted by Gasteiger charge is -2.17. The first-order valence-electron chi connectivity index (χ1n) is 5.65. The number of aromatic nitrogens is 2. The molecule has 0 aromatic carbocycles. The molecule has 4 heteroatoms. The second-order valence-corrected chi connectivity index (χ2v) is 4.13. The third kappa shape index (κ3) is 3.79. The molecule has 1 aromatic rings. The van der Waals surface area contributed by atoms with Crippen molar-refractivity contribution in [2.75, 3.05) is 19.7 Å². The lowest BCUT2D eigenvalue weighted by atomic mass is 10.3. The molecule has 0 radical (unpaired) electrons. The van der Waals surface area contributed by atoms with Crippen LogP contribution in [0, 0.1) is 0 Å². The summed E-state index contributed by atoms with van der Waals surface area (Å²) in [6.07, 6.45) is 3.83. The first kappa shape index (κ1) is 12.9. The SMILES string of the molecule is C=CCN(CCO)Cc1ccn(C(C)C)n1. The van der Waals surface area contributed by atoms with Crippen molar-refractivity contribution >= 4 is 0 Å². The summed E-state index contributed by atoms with van der Waals surface area (Å²) < 4.78 is 1.94. The van der Waals surface area contributed by atoms with E-state index in [1.807, 2.05) is 23.0 Å². The van der Waals surface area contributed by atoms with E-state index in [9.17, 15) is 0 Å². The molecule has 1 heterocycles. The van der Waals surface area contributed by atoms with Crippen molar-refractivity contribution in [2.45, 2.75) is 26.4 Å². The molecule has 0 saturated heterocycles. The maximum absolute atomic E-state index is 8.93. The summed E-state index contributed by atoms with van der Waals surface area (Å²) >= 11 is 0. The van der Waals surface area contributed by atoms with Gasteiger partial charge in [0.1, 0.15) is 0 Å². The minimum atomic E-state index is 0.165. The van der Waals surface area contributed by atoms with E-state index in [4.69, 9.17) is 5.11 Å². The first-order chi connectivity index (χ1) is 7.67. The molecule has 0 saturated carbocycles. The topological polar surface area (TPSA) is 41.3 Å². The molecule has 0 spiro atoms. The van der Waals surface area contributed by atoms with Crippen LogP contribution in [0.25, 0.3) is 0 Å². The molecule has 0 aliphatic rings. The van der Waals surface area contributed by atoms with E-state index in [-0.39, 0.29) is 6.61 Å². The lowest BCUT2D eigenvalue weighted by molar-refractivity contribution is 0.201. The second-order valence-electron chi connectivity index (χ2n) is 4.13. The summed E-state index contributed by atoms with van der Waals surface area (Å²) in [6, 6.07) is 2.41. The molecule has 4 nitrogen and oxygen atoms in total. The highest BCUT2D eigenvalue weighted by Gasteiger charge is 2.07. The van der Waals surface area contributed by atoms with Crippen LogP contribution in [0.3, 0.4) is 0 Å². The summed E-state index contributed by atoms with van der Waals surface area (Å²) in [7, 11) is 0. The van der Waals surface area contributed by atoms with Gasteiger partial charge in [0, 0.05) is 31.9 Å². The van der Waals surface area contributed by atoms with Gasteiger partial charge in [-0.25, -0.2) is 0 Å². The fraction of sp³-hybridized carbons (Fsp3) is 0.583. The van der Waals surface area contributed by atoms with Gasteiger partial charge < -0.3 is 5.11 Å². The molecule has 0 fully saturated rings. The van der Waals surface area contributed by atoms with Crippen LogP contribution in [0.1, 0.15) is 25.6 Å². The van der Waals surface area contributed by atoms with E-state index < -0.39 is 0 Å². The molecule has 1 rings (SSSR count). The average molecular weight is 223 g/mol. The molecule has 16 heavy (non-hydrogen) atoms. The maximum atomic E-state index is 8.93. The Kier molecular flexibility index (Phi) is 5.22. The fourth-order valence-corrected chi connectivity index (χ4v) is 1.54. The summed E-state index contributed by atoms with van der Waals surface area (Å²) in [5, 5.41) is 13.4. The van der Waals surface area contributed by atoms with Gasteiger partial charge in [0.15, 0.2) is 0 Å². The zero-order chi connectivity index (χ0) is 12.0. The van der Waals surface area contributed by atoms with Crippen molar-refractivity contribution in [3.8, 4) is 0 Å². The van der Waals surface area contributed by atoms with Gasteiger partial charge >= 0.3 is 0 Å². The molecule has 1 N–H and O–H groups in total. The van der Waals surface area contributed by atoms with Gasteiger partial charge in [0.25, 0.3) is 0 Å². The Morgan fingerprint density at radius 2 is 2.38 bits per heavy atom. The van der Waals surface area contributed by atoms with E-state index in [0.717, 1.165) is 18.8 Å². The molecule has 1 aromatic heterocycles. The van der Waals surface area contributed by atoms with E-state index in [0.29, 0.717) is 12.6 Å². The molecule has 0 amide bonds. The Morgan fingerprint density at radius 3 is 2.88 bits per heavy atom. The number of rotatable bonds is 7. The van der Waals surface area contributed by atoms with Crippen molar-refractivity contribution in [1.82, 2.24) is 14.7 Å². The van der Waals surface area contributed by atoms with Crippen LogP contribution in [0.4, 0.5) is 0 Å².